The minimum atomic E-state index is -1.33. The van der Waals surface area contributed by atoms with Gasteiger partial charge in [0.25, 0.3) is 11.8 Å². The molecule has 0 radical (unpaired) electrons. The van der Waals surface area contributed by atoms with Crippen LogP contribution in [0.4, 0.5) is 4.39 Å². The van der Waals surface area contributed by atoms with Crippen molar-refractivity contribution in [2.24, 2.45) is 5.92 Å². The van der Waals surface area contributed by atoms with Crippen molar-refractivity contribution in [1.29, 1.82) is 0 Å². The molecule has 1 unspecified atom stereocenters. The van der Waals surface area contributed by atoms with Crippen molar-refractivity contribution in [2.45, 2.75) is 75.9 Å². The lowest BCUT2D eigenvalue weighted by molar-refractivity contribution is -0.141. The number of hydrogen-bond donors (Lipinski definition) is 5. The predicted octanol–water partition coefficient (Wildman–Crippen LogP) is 4.37. The molecule has 5 N–H and O–H groups in total. The van der Waals surface area contributed by atoms with Crippen LogP contribution in [-0.4, -0.2) is 59.1 Å². The highest BCUT2D eigenvalue weighted by atomic mass is 35.5. The highest BCUT2D eigenvalue weighted by Gasteiger charge is 2.36. The molecule has 10 nitrogen and oxygen atoms in total. The van der Waals surface area contributed by atoms with Crippen molar-refractivity contribution in [1.82, 2.24) is 26.3 Å². The molecule has 2 fully saturated rings. The zero-order valence-corrected chi connectivity index (χ0v) is 26.6. The zero-order valence-electron chi connectivity index (χ0n) is 25.1. The molecule has 4 amide bonds. The van der Waals surface area contributed by atoms with E-state index >= 15 is 0 Å². The summed E-state index contributed by atoms with van der Waals surface area (Å²) < 4.78 is 14.1. The third-order valence-corrected chi connectivity index (χ3v) is 9.10. The number of aromatic amines is 1. The molecule has 2 aromatic carbocycles. The number of rotatable bonds is 11. The first-order chi connectivity index (χ1) is 22.1. The lowest BCUT2D eigenvalue weighted by atomic mass is 9.89. The van der Waals surface area contributed by atoms with Crippen molar-refractivity contribution in [2.75, 3.05) is 6.54 Å². The fourth-order valence-corrected chi connectivity index (χ4v) is 6.69. The summed E-state index contributed by atoms with van der Waals surface area (Å²) in [5, 5.41) is 12.1. The number of ketones is 1. The van der Waals surface area contributed by atoms with E-state index in [1.54, 1.807) is 12.1 Å². The van der Waals surface area contributed by atoms with E-state index in [2.05, 4.69) is 26.3 Å². The molecule has 1 saturated heterocycles. The van der Waals surface area contributed by atoms with Crippen LogP contribution < -0.4 is 21.3 Å². The van der Waals surface area contributed by atoms with Gasteiger partial charge in [-0.3, -0.25) is 24.0 Å². The van der Waals surface area contributed by atoms with Gasteiger partial charge in [-0.05, 0) is 68.0 Å². The summed E-state index contributed by atoms with van der Waals surface area (Å²) in [5.41, 5.74) is 1.01. The van der Waals surface area contributed by atoms with Gasteiger partial charge in [-0.15, -0.1) is 0 Å². The Balaban J connectivity index is 1.39. The largest absolute Gasteiger partial charge is 0.356 e. The van der Waals surface area contributed by atoms with Crippen molar-refractivity contribution in [3.05, 3.63) is 69.6 Å². The molecule has 1 aliphatic heterocycles. The van der Waals surface area contributed by atoms with Crippen LogP contribution in [0.1, 0.15) is 67.4 Å². The van der Waals surface area contributed by atoms with Gasteiger partial charge in [0.1, 0.15) is 17.6 Å². The Kier molecular flexibility index (Phi) is 11.0. The van der Waals surface area contributed by atoms with E-state index in [0.717, 1.165) is 32.1 Å². The fraction of sp³-hybridized carbons (Fsp3) is 0.424. The maximum absolute atomic E-state index is 14.1. The number of fused-ring (bicyclic) bond motifs is 1. The number of hydrogen-bond acceptors (Lipinski definition) is 5. The molecule has 3 atom stereocenters. The molecule has 1 aliphatic carbocycles. The first kappa shape index (κ1) is 33.4. The summed E-state index contributed by atoms with van der Waals surface area (Å²) in [7, 11) is 0. The van der Waals surface area contributed by atoms with Gasteiger partial charge in [0, 0.05) is 40.9 Å². The maximum Gasteiger partial charge on any atom is 0.289 e. The van der Waals surface area contributed by atoms with Crippen LogP contribution in [0.5, 0.6) is 0 Å². The topological polar surface area (TPSA) is 149 Å². The van der Waals surface area contributed by atoms with Crippen LogP contribution >= 0.6 is 23.2 Å². The molecular weight excluding hydrogens is 636 g/mol. The molecule has 244 valence electrons. The SMILES string of the molecule is O=C(NC1CCCCC1)C(=O)C(C[C@@H]1CCCNC1=O)NC(=O)[C@H](Cc1cccc(F)c1)NC(=O)c1cc2c(Cl)cc(Cl)cc2[nH]1. The number of nitrogens with one attached hydrogen (secondary N) is 5. The van der Waals surface area contributed by atoms with Crippen molar-refractivity contribution in [3.8, 4) is 0 Å². The van der Waals surface area contributed by atoms with E-state index in [0.29, 0.717) is 45.9 Å². The average molecular weight is 673 g/mol. The van der Waals surface area contributed by atoms with E-state index in [9.17, 15) is 28.4 Å². The Morgan fingerprint density at radius 1 is 0.935 bits per heavy atom. The highest BCUT2D eigenvalue weighted by Crippen LogP contribution is 2.28. The van der Waals surface area contributed by atoms with Gasteiger partial charge in [-0.1, -0.05) is 54.6 Å². The molecule has 5 rings (SSSR count). The van der Waals surface area contributed by atoms with Crippen LogP contribution in [0.3, 0.4) is 0 Å². The number of H-pyrrole nitrogens is 1. The van der Waals surface area contributed by atoms with E-state index in [1.807, 2.05) is 0 Å². The maximum atomic E-state index is 14.1. The van der Waals surface area contributed by atoms with Crippen molar-refractivity contribution in [3.63, 3.8) is 0 Å². The molecule has 0 spiro atoms. The van der Waals surface area contributed by atoms with Gasteiger partial charge in [0.2, 0.25) is 17.6 Å². The zero-order chi connectivity index (χ0) is 32.8. The number of halogens is 3. The van der Waals surface area contributed by atoms with Crippen LogP contribution in [0, 0.1) is 11.7 Å². The normalized spacial score (nSPS) is 18.3. The molecule has 0 bridgehead atoms. The third-order valence-electron chi connectivity index (χ3n) is 8.56. The van der Waals surface area contributed by atoms with Gasteiger partial charge in [-0.25, -0.2) is 4.39 Å². The molecule has 2 aliphatic rings. The van der Waals surface area contributed by atoms with E-state index in [4.69, 9.17) is 23.2 Å². The Morgan fingerprint density at radius 3 is 2.46 bits per heavy atom. The van der Waals surface area contributed by atoms with E-state index in [1.165, 1.54) is 30.3 Å². The second-order valence-electron chi connectivity index (χ2n) is 12.0. The summed E-state index contributed by atoms with van der Waals surface area (Å²) >= 11 is 12.4. The van der Waals surface area contributed by atoms with Crippen LogP contribution in [0.15, 0.2) is 42.5 Å². The van der Waals surface area contributed by atoms with Gasteiger partial charge >= 0.3 is 0 Å². The Hall–Kier alpha value is -3.96. The van der Waals surface area contributed by atoms with Gasteiger partial charge < -0.3 is 26.3 Å². The number of Topliss-reactive ketones (excluding diaryl/α,β-unsaturated/α-hetero) is 1. The van der Waals surface area contributed by atoms with Gasteiger partial charge in [-0.2, -0.15) is 0 Å². The van der Waals surface area contributed by atoms with Crippen molar-refractivity contribution >= 4 is 63.5 Å². The molecule has 2 heterocycles. The van der Waals surface area contributed by atoms with E-state index < -0.39 is 47.3 Å². The molecule has 13 heteroatoms. The smallest absolute Gasteiger partial charge is 0.289 e. The fourth-order valence-electron chi connectivity index (χ4n) is 6.14. The second kappa shape index (κ2) is 15.1. The monoisotopic (exact) mass is 671 g/mol. The average Bonchev–Trinajstić information content (AvgIpc) is 3.46. The number of piperidine rings is 1. The molecule has 3 aromatic rings. The van der Waals surface area contributed by atoms with Crippen LogP contribution in [0.25, 0.3) is 10.9 Å². The van der Waals surface area contributed by atoms with Gasteiger partial charge in [0.05, 0.1) is 11.1 Å². The Morgan fingerprint density at radius 2 is 1.72 bits per heavy atom. The first-order valence-electron chi connectivity index (χ1n) is 15.5. The number of carbonyl (C=O) groups excluding carboxylic acids is 5. The molecule has 1 aromatic heterocycles. The molecule has 46 heavy (non-hydrogen) atoms. The van der Waals surface area contributed by atoms with Crippen LogP contribution in [-0.2, 0) is 25.6 Å². The number of benzene rings is 2. The lowest BCUT2D eigenvalue weighted by Gasteiger charge is -2.28. The highest BCUT2D eigenvalue weighted by molar-refractivity contribution is 6.39. The predicted molar refractivity (Wildman–Crippen MR) is 172 cm³/mol. The summed E-state index contributed by atoms with van der Waals surface area (Å²) in [5.74, 6) is -4.50. The van der Waals surface area contributed by atoms with E-state index in [-0.39, 0.29) is 30.5 Å². The molecular formula is C33H36Cl2FN5O5. The quantitative estimate of drug-likeness (QED) is 0.192. The summed E-state index contributed by atoms with van der Waals surface area (Å²) in [4.78, 5) is 69.5. The number of carbonyl (C=O) groups is 5. The summed E-state index contributed by atoms with van der Waals surface area (Å²) in [6, 6.07) is 7.49. The van der Waals surface area contributed by atoms with Crippen molar-refractivity contribution < 1.29 is 28.4 Å². The lowest BCUT2D eigenvalue weighted by Crippen LogP contribution is -2.56. The first-order valence-corrected chi connectivity index (χ1v) is 16.3. The Labute approximate surface area is 275 Å². The Bertz CT molecular complexity index is 1640. The standard InChI is InChI=1S/C33H36Cl2FN5O5/c34-20-15-24(35)23-17-28(39-25(23)16-20)32(45)41-27(13-18-6-4-8-21(36)12-18)31(44)40-26(14-19-7-5-11-37-30(19)43)29(42)33(46)38-22-9-2-1-3-10-22/h4,6,8,12,15-17,19,22,26-27,39H,1-3,5,7,9-11,13-14H2,(H,37,43)(H,38,46)(H,40,44)(H,41,45)/t19-,26?,27-/m0/s1. The molecule has 1 saturated carbocycles. The minimum absolute atomic E-state index is 0.0869. The summed E-state index contributed by atoms with van der Waals surface area (Å²) in [6.45, 7) is 0.509. The van der Waals surface area contributed by atoms with Crippen LogP contribution in [0.2, 0.25) is 10.0 Å². The minimum Gasteiger partial charge on any atom is -0.356 e. The number of aromatic nitrogens is 1. The second-order valence-corrected chi connectivity index (χ2v) is 12.8. The summed E-state index contributed by atoms with van der Waals surface area (Å²) in [6.07, 6.45) is 5.44. The third kappa shape index (κ3) is 8.44. The van der Waals surface area contributed by atoms with Gasteiger partial charge in [0.15, 0.2) is 0 Å². The number of amides is 4.